The number of aromatic nitrogens is 1. The van der Waals surface area contributed by atoms with E-state index >= 15 is 0 Å². The summed E-state index contributed by atoms with van der Waals surface area (Å²) in [6.07, 6.45) is 6.29. The molecule has 0 atom stereocenters. The summed E-state index contributed by atoms with van der Waals surface area (Å²) in [4.78, 5) is 4.61. The van der Waals surface area contributed by atoms with Gasteiger partial charge in [-0.15, -0.1) is 0 Å². The molecule has 1 aromatic rings. The molecular formula is C18H30N2O. The van der Waals surface area contributed by atoms with Crippen molar-refractivity contribution in [2.45, 2.75) is 71.9 Å². The summed E-state index contributed by atoms with van der Waals surface area (Å²) < 4.78 is 5.97. The molecule has 0 bridgehead atoms. The van der Waals surface area contributed by atoms with Crippen molar-refractivity contribution in [1.29, 1.82) is 0 Å². The lowest BCUT2D eigenvalue weighted by molar-refractivity contribution is 0.242. The molecule has 3 heteroatoms. The van der Waals surface area contributed by atoms with Crippen molar-refractivity contribution in [3.05, 3.63) is 23.4 Å². The summed E-state index contributed by atoms with van der Waals surface area (Å²) in [7, 11) is 0. The van der Waals surface area contributed by atoms with E-state index in [1.54, 1.807) is 0 Å². The van der Waals surface area contributed by atoms with Crippen molar-refractivity contribution in [3.8, 4) is 5.88 Å². The van der Waals surface area contributed by atoms with Crippen LogP contribution in [-0.4, -0.2) is 17.1 Å². The summed E-state index contributed by atoms with van der Waals surface area (Å²) in [5.41, 5.74) is 2.50. The molecule has 1 saturated carbocycles. The van der Waals surface area contributed by atoms with Crippen molar-refractivity contribution < 1.29 is 4.74 Å². The minimum atomic E-state index is 0.126. The van der Waals surface area contributed by atoms with E-state index < -0.39 is 0 Å². The molecule has 0 unspecified atom stereocenters. The van der Waals surface area contributed by atoms with E-state index in [0.717, 1.165) is 37.1 Å². The highest BCUT2D eigenvalue weighted by molar-refractivity contribution is 5.25. The fraction of sp³-hybridized carbons (Fsp3) is 0.722. The molecule has 118 valence electrons. The maximum Gasteiger partial charge on any atom is 0.213 e. The van der Waals surface area contributed by atoms with Crippen molar-refractivity contribution >= 4 is 0 Å². The Labute approximate surface area is 129 Å². The summed E-state index contributed by atoms with van der Waals surface area (Å²) in [5, 5.41) is 3.53. The van der Waals surface area contributed by atoms with Gasteiger partial charge in [-0.05, 0) is 57.6 Å². The normalized spacial score (nSPS) is 16.4. The van der Waals surface area contributed by atoms with E-state index in [9.17, 15) is 0 Å². The zero-order valence-corrected chi connectivity index (χ0v) is 14.0. The highest BCUT2D eigenvalue weighted by Crippen LogP contribution is 2.25. The lowest BCUT2D eigenvalue weighted by Gasteiger charge is -2.21. The van der Waals surface area contributed by atoms with E-state index in [4.69, 9.17) is 4.74 Å². The Hall–Kier alpha value is -1.09. The quantitative estimate of drug-likeness (QED) is 0.856. The summed E-state index contributed by atoms with van der Waals surface area (Å²) in [6.45, 7) is 10.4. The zero-order valence-electron chi connectivity index (χ0n) is 14.0. The SMILES string of the molecule is CCc1cc(CNC(C)(C)C)cc(OCC2CCCC2)n1. The number of ether oxygens (including phenoxy) is 1. The number of pyridine rings is 1. The Balaban J connectivity index is 1.98. The molecule has 3 nitrogen and oxygen atoms in total. The number of rotatable bonds is 6. The van der Waals surface area contributed by atoms with Crippen LogP contribution in [-0.2, 0) is 13.0 Å². The fourth-order valence-electron chi connectivity index (χ4n) is 2.72. The number of aryl methyl sites for hydroxylation is 1. The molecule has 2 rings (SSSR count). The topological polar surface area (TPSA) is 34.1 Å². The second kappa shape index (κ2) is 7.26. The van der Waals surface area contributed by atoms with Gasteiger partial charge in [-0.3, -0.25) is 0 Å². The molecule has 0 radical (unpaired) electrons. The second-order valence-corrected chi connectivity index (χ2v) is 7.22. The molecule has 0 spiro atoms. The molecule has 1 aliphatic rings. The van der Waals surface area contributed by atoms with E-state index in [1.165, 1.54) is 31.2 Å². The number of hydrogen-bond donors (Lipinski definition) is 1. The van der Waals surface area contributed by atoms with Gasteiger partial charge >= 0.3 is 0 Å². The van der Waals surface area contributed by atoms with Crippen LogP contribution < -0.4 is 10.1 Å². The third kappa shape index (κ3) is 5.66. The van der Waals surface area contributed by atoms with E-state index in [0.29, 0.717) is 0 Å². The van der Waals surface area contributed by atoms with Crippen molar-refractivity contribution in [2.24, 2.45) is 5.92 Å². The number of nitrogens with one attached hydrogen (secondary N) is 1. The number of hydrogen-bond acceptors (Lipinski definition) is 3. The first-order chi connectivity index (χ1) is 9.96. The van der Waals surface area contributed by atoms with E-state index in [-0.39, 0.29) is 5.54 Å². The van der Waals surface area contributed by atoms with Crippen LogP contribution in [0.25, 0.3) is 0 Å². The minimum absolute atomic E-state index is 0.126. The summed E-state index contributed by atoms with van der Waals surface area (Å²) in [6, 6.07) is 4.27. The third-order valence-electron chi connectivity index (χ3n) is 4.04. The van der Waals surface area contributed by atoms with Crippen LogP contribution in [0, 0.1) is 5.92 Å². The average Bonchev–Trinajstić information content (AvgIpc) is 2.95. The van der Waals surface area contributed by atoms with Gasteiger partial charge in [0.2, 0.25) is 5.88 Å². The van der Waals surface area contributed by atoms with Crippen LogP contribution in [0.15, 0.2) is 12.1 Å². The van der Waals surface area contributed by atoms with Gasteiger partial charge in [-0.1, -0.05) is 19.8 Å². The average molecular weight is 290 g/mol. The predicted octanol–water partition coefficient (Wildman–Crippen LogP) is 4.10. The number of nitrogens with zero attached hydrogens (tertiary/aromatic N) is 1. The lowest BCUT2D eigenvalue weighted by Crippen LogP contribution is -2.35. The summed E-state index contributed by atoms with van der Waals surface area (Å²) >= 11 is 0. The molecule has 0 saturated heterocycles. The molecule has 1 fully saturated rings. The first kappa shape index (κ1) is 16.3. The molecule has 21 heavy (non-hydrogen) atoms. The second-order valence-electron chi connectivity index (χ2n) is 7.22. The highest BCUT2D eigenvalue weighted by Gasteiger charge is 2.16. The van der Waals surface area contributed by atoms with Crippen LogP contribution in [0.1, 0.15) is 64.6 Å². The van der Waals surface area contributed by atoms with Crippen LogP contribution in [0.2, 0.25) is 0 Å². The van der Waals surface area contributed by atoms with Gasteiger partial charge in [-0.25, -0.2) is 4.98 Å². The molecule has 1 aliphatic carbocycles. The molecule has 0 aliphatic heterocycles. The Kier molecular flexibility index (Phi) is 5.63. The molecular weight excluding hydrogens is 260 g/mol. The van der Waals surface area contributed by atoms with Gasteiger partial charge in [-0.2, -0.15) is 0 Å². The standard InChI is InChI=1S/C18H30N2O/c1-5-16-10-15(12-19-18(2,3)4)11-17(20-16)21-13-14-8-6-7-9-14/h10-11,14,19H,5-9,12-13H2,1-4H3. The van der Waals surface area contributed by atoms with Gasteiger partial charge in [0, 0.05) is 23.8 Å². The van der Waals surface area contributed by atoms with E-state index in [2.05, 4.69) is 50.1 Å². The summed E-state index contributed by atoms with van der Waals surface area (Å²) in [5.74, 6) is 1.53. The van der Waals surface area contributed by atoms with Crippen molar-refractivity contribution in [2.75, 3.05) is 6.61 Å². The monoisotopic (exact) mass is 290 g/mol. The van der Waals surface area contributed by atoms with Crippen molar-refractivity contribution in [1.82, 2.24) is 10.3 Å². The Bertz CT molecular complexity index is 445. The van der Waals surface area contributed by atoms with Crippen LogP contribution in [0.4, 0.5) is 0 Å². The maximum absolute atomic E-state index is 5.97. The zero-order chi connectivity index (χ0) is 15.3. The van der Waals surface area contributed by atoms with Gasteiger partial charge in [0.15, 0.2) is 0 Å². The predicted molar refractivity (Wildman–Crippen MR) is 87.7 cm³/mol. The molecule has 1 aromatic heterocycles. The first-order valence-corrected chi connectivity index (χ1v) is 8.34. The third-order valence-corrected chi connectivity index (χ3v) is 4.04. The molecule has 0 amide bonds. The van der Waals surface area contributed by atoms with Gasteiger partial charge in [0.1, 0.15) is 0 Å². The highest BCUT2D eigenvalue weighted by atomic mass is 16.5. The van der Waals surface area contributed by atoms with Crippen LogP contribution >= 0.6 is 0 Å². The van der Waals surface area contributed by atoms with Crippen LogP contribution in [0.3, 0.4) is 0 Å². The van der Waals surface area contributed by atoms with Crippen LogP contribution in [0.5, 0.6) is 5.88 Å². The maximum atomic E-state index is 5.97. The molecule has 0 aromatic carbocycles. The molecule has 1 N–H and O–H groups in total. The fourth-order valence-corrected chi connectivity index (χ4v) is 2.72. The Morgan fingerprint density at radius 1 is 1.24 bits per heavy atom. The van der Waals surface area contributed by atoms with Gasteiger partial charge in [0.05, 0.1) is 6.61 Å². The molecule has 1 heterocycles. The smallest absolute Gasteiger partial charge is 0.213 e. The first-order valence-electron chi connectivity index (χ1n) is 8.34. The minimum Gasteiger partial charge on any atom is -0.477 e. The van der Waals surface area contributed by atoms with E-state index in [1.807, 2.05) is 0 Å². The van der Waals surface area contributed by atoms with Gasteiger partial charge < -0.3 is 10.1 Å². The Morgan fingerprint density at radius 2 is 1.95 bits per heavy atom. The largest absolute Gasteiger partial charge is 0.477 e. The lowest BCUT2D eigenvalue weighted by atomic mass is 10.1. The Morgan fingerprint density at radius 3 is 2.57 bits per heavy atom. The van der Waals surface area contributed by atoms with Gasteiger partial charge in [0.25, 0.3) is 0 Å². The van der Waals surface area contributed by atoms with Crippen molar-refractivity contribution in [3.63, 3.8) is 0 Å².